The average Bonchev–Trinajstić information content (AvgIpc) is 2.95. The van der Waals surface area contributed by atoms with Crippen molar-refractivity contribution in [2.24, 2.45) is 17.8 Å². The van der Waals surface area contributed by atoms with Gasteiger partial charge in [0.05, 0.1) is 0 Å². The topological polar surface area (TPSA) is 158 Å². The quantitative estimate of drug-likeness (QED) is 0.345. The van der Waals surface area contributed by atoms with Crippen molar-refractivity contribution in [3.8, 4) is 0 Å². The molecule has 14 heteroatoms. The first-order valence-corrected chi connectivity index (χ1v) is 13.5. The van der Waals surface area contributed by atoms with Crippen molar-refractivity contribution in [2.75, 3.05) is 0 Å². The molecule has 0 amide bonds. The molecule has 2 aliphatic rings. The van der Waals surface area contributed by atoms with Crippen LogP contribution in [-0.2, 0) is 51.5 Å². The van der Waals surface area contributed by atoms with Gasteiger partial charge in [-0.3, -0.25) is 28.8 Å². The maximum Gasteiger partial charge on any atom is 1.20 e. The van der Waals surface area contributed by atoms with E-state index in [2.05, 4.69) is 0 Å². The molecule has 12 nitrogen and oxygen atoms in total. The molecule has 0 spiro atoms. The van der Waals surface area contributed by atoms with Crippen molar-refractivity contribution < 1.29 is 51.5 Å². The fourth-order valence-electron chi connectivity index (χ4n) is 2.76. The summed E-state index contributed by atoms with van der Waals surface area (Å²) in [5.74, 6) is -6.93. The highest BCUT2D eigenvalue weighted by molar-refractivity contribution is 6.47. The molecule has 0 saturated carbocycles. The first kappa shape index (κ1) is 28.3. The molecule has 0 aliphatic carbocycles. The molecular weight excluding hydrogens is 498 g/mol. The second-order valence-electron chi connectivity index (χ2n) is 8.37. The number of carbonyl (C=O) groups is 6. The second-order valence-corrected chi connectivity index (χ2v) is 10.9. The summed E-state index contributed by atoms with van der Waals surface area (Å²) in [5.41, 5.74) is -0.0791. The van der Waals surface area contributed by atoms with Gasteiger partial charge in [-0.2, -0.15) is 0 Å². The van der Waals surface area contributed by atoms with Crippen LogP contribution in [0.15, 0.2) is 34.9 Å². The summed E-state index contributed by atoms with van der Waals surface area (Å²) < 4.78 is 29.9. The fraction of sp³-hybridized carbons (Fsp3) is 0.429. The van der Waals surface area contributed by atoms with Crippen LogP contribution in [-0.4, -0.2) is 66.1 Å². The predicted molar refractivity (Wildman–Crippen MR) is 117 cm³/mol. The molecule has 0 bridgehead atoms. The molecule has 186 valence electrons. The normalized spacial score (nSPS) is 17.1. The van der Waals surface area contributed by atoms with E-state index in [1.54, 1.807) is 41.5 Å². The summed E-state index contributed by atoms with van der Waals surface area (Å²) in [6, 6.07) is 0. The van der Waals surface area contributed by atoms with E-state index < -0.39 is 72.0 Å². The highest BCUT2D eigenvalue weighted by Gasteiger charge is 2.52. The van der Waals surface area contributed by atoms with Gasteiger partial charge in [-0.05, 0) is 17.8 Å². The maximum atomic E-state index is 12.7. The minimum atomic E-state index is -3.57. The number of hydrogen-bond acceptors (Lipinski definition) is 12. The molecule has 0 atom stereocenters. The van der Waals surface area contributed by atoms with E-state index in [4.69, 9.17) is 22.7 Å². The molecule has 0 unspecified atom stereocenters. The summed E-state index contributed by atoms with van der Waals surface area (Å²) in [4.78, 5) is 73.2. The highest BCUT2D eigenvalue weighted by Crippen LogP contribution is 2.19. The van der Waals surface area contributed by atoms with Gasteiger partial charge in [0.15, 0.2) is 0 Å². The standard InChI is InChI=1S/3C7H10O4.2Al/c3*1-4(2)5(7(10)11)3-6(8)9;;/h3*3-4H,1-2H3,(H,8,9)(H,10,11);;/q;;;2*+3/p-6/b5-3-;;;;. The van der Waals surface area contributed by atoms with Gasteiger partial charge in [0.1, 0.15) is 0 Å². The smallest absolute Gasteiger partial charge is 0.547 e. The van der Waals surface area contributed by atoms with E-state index in [-0.39, 0.29) is 28.6 Å². The first-order valence-electron chi connectivity index (χ1n) is 10.7. The molecule has 35 heavy (non-hydrogen) atoms. The molecule has 2 rings (SSSR count). The van der Waals surface area contributed by atoms with E-state index >= 15 is 0 Å². The first-order chi connectivity index (χ1) is 16.3. The Hall–Kier alpha value is -2.90. The van der Waals surface area contributed by atoms with Gasteiger partial charge >= 0.3 is 48.2 Å². The Kier molecular flexibility index (Phi) is 9.87. The lowest BCUT2D eigenvalue weighted by atomic mass is 10.0. The molecule has 2 aliphatic heterocycles. The molecule has 0 radical (unpaired) electrons. The lowest BCUT2D eigenvalue weighted by Crippen LogP contribution is -2.35. The molecule has 0 N–H and O–H groups in total. The van der Waals surface area contributed by atoms with Crippen molar-refractivity contribution >= 4 is 66.1 Å². The molecule has 0 aromatic rings. The monoisotopic (exact) mass is 522 g/mol. The van der Waals surface area contributed by atoms with Crippen molar-refractivity contribution in [1.29, 1.82) is 0 Å². The van der Waals surface area contributed by atoms with Crippen LogP contribution in [0.5, 0.6) is 0 Å². The predicted octanol–water partition coefficient (Wildman–Crippen LogP) is 0.990. The van der Waals surface area contributed by atoms with E-state index in [0.29, 0.717) is 0 Å². The Morgan fingerprint density at radius 1 is 0.743 bits per heavy atom. The van der Waals surface area contributed by atoms with Gasteiger partial charge in [-0.25, -0.2) is 0 Å². The van der Waals surface area contributed by atoms with Crippen LogP contribution in [0.4, 0.5) is 0 Å². The van der Waals surface area contributed by atoms with E-state index in [9.17, 15) is 28.8 Å². The van der Waals surface area contributed by atoms with Gasteiger partial charge in [-0.1, -0.05) is 41.5 Å². The summed E-state index contributed by atoms with van der Waals surface area (Å²) in [7, 11) is 0. The van der Waals surface area contributed by atoms with Crippen LogP contribution in [0.1, 0.15) is 41.5 Å². The van der Waals surface area contributed by atoms with Gasteiger partial charge in [0.25, 0.3) is 17.9 Å². The third kappa shape index (κ3) is 8.08. The zero-order valence-corrected chi connectivity index (χ0v) is 22.3. The van der Waals surface area contributed by atoms with Crippen molar-refractivity contribution in [3.63, 3.8) is 0 Å². The Labute approximate surface area is 211 Å². The number of hydrogen-bond donors (Lipinski definition) is 0. The zero-order chi connectivity index (χ0) is 26.4. The lowest BCUT2D eigenvalue weighted by molar-refractivity contribution is -0.145. The number of rotatable bonds is 7. The molecule has 0 saturated heterocycles. The van der Waals surface area contributed by atoms with Gasteiger partial charge in [-0.15, -0.1) is 0 Å². The Morgan fingerprint density at radius 2 is 1.17 bits per heavy atom. The van der Waals surface area contributed by atoms with Crippen molar-refractivity contribution in [2.45, 2.75) is 41.5 Å². The SMILES string of the molecule is CC(C)C1=CC(=O)[O][Al]([O]C(=O)/C=C(\C(=O)[O][Al]2[O]C(=O)C=C(C(C)C)C(=O)[O]2)C(C)C)[O]C1=O. The summed E-state index contributed by atoms with van der Waals surface area (Å²) >= 11 is -7.13. The number of carbonyl (C=O) groups excluding carboxylic acids is 6. The van der Waals surface area contributed by atoms with Crippen molar-refractivity contribution in [3.05, 3.63) is 34.9 Å². The van der Waals surface area contributed by atoms with Crippen LogP contribution in [0.3, 0.4) is 0 Å². The molecular formula is C21H24Al2O12. The summed E-state index contributed by atoms with van der Waals surface area (Å²) in [6.07, 6.45) is 2.72. The van der Waals surface area contributed by atoms with Crippen LogP contribution in [0.2, 0.25) is 0 Å². The average molecular weight is 522 g/mol. The van der Waals surface area contributed by atoms with Crippen LogP contribution < -0.4 is 0 Å². The van der Waals surface area contributed by atoms with E-state index in [0.717, 1.165) is 18.2 Å². The van der Waals surface area contributed by atoms with Gasteiger partial charge in [0.2, 0.25) is 0 Å². The van der Waals surface area contributed by atoms with Crippen LogP contribution in [0, 0.1) is 17.8 Å². The summed E-state index contributed by atoms with van der Waals surface area (Å²) in [6.45, 7) is 9.81. The Bertz CT molecular complexity index is 1020. The lowest BCUT2D eigenvalue weighted by Gasteiger charge is -2.15. The fourth-order valence-corrected chi connectivity index (χ4v) is 4.76. The van der Waals surface area contributed by atoms with E-state index in [1.807, 2.05) is 0 Å². The molecule has 0 aromatic carbocycles. The Morgan fingerprint density at radius 3 is 1.57 bits per heavy atom. The van der Waals surface area contributed by atoms with Crippen molar-refractivity contribution in [1.82, 2.24) is 0 Å². The van der Waals surface area contributed by atoms with Crippen LogP contribution in [0.25, 0.3) is 0 Å². The second kappa shape index (κ2) is 12.2. The minimum Gasteiger partial charge on any atom is -0.547 e. The zero-order valence-electron chi connectivity index (χ0n) is 20.0. The maximum absolute atomic E-state index is 12.7. The third-order valence-electron chi connectivity index (χ3n) is 4.64. The highest BCUT2D eigenvalue weighted by atomic mass is 27.3. The largest absolute Gasteiger partial charge is 1.20 e. The summed E-state index contributed by atoms with van der Waals surface area (Å²) in [5, 5.41) is 0. The molecule has 0 aromatic heterocycles. The van der Waals surface area contributed by atoms with Crippen LogP contribution >= 0.6 is 0 Å². The van der Waals surface area contributed by atoms with Gasteiger partial charge in [0, 0.05) is 34.9 Å². The molecule has 2 heterocycles. The Balaban J connectivity index is 2.10. The van der Waals surface area contributed by atoms with E-state index in [1.165, 1.54) is 0 Å². The third-order valence-corrected chi connectivity index (χ3v) is 7.13. The van der Waals surface area contributed by atoms with Gasteiger partial charge < -0.3 is 22.7 Å². The molecule has 0 fully saturated rings. The minimum absolute atomic E-state index is 0.0654.